The van der Waals surface area contributed by atoms with Crippen LogP contribution in [0.1, 0.15) is 43.1 Å². The van der Waals surface area contributed by atoms with Gasteiger partial charge in [-0.15, -0.1) is 0 Å². The van der Waals surface area contributed by atoms with Crippen molar-refractivity contribution in [3.05, 3.63) is 98.5 Å². The Kier molecular flexibility index (Phi) is 6.02. The van der Waals surface area contributed by atoms with Crippen molar-refractivity contribution in [1.29, 1.82) is 0 Å². The molecule has 3 rings (SSSR count). The van der Waals surface area contributed by atoms with E-state index in [4.69, 9.17) is 4.74 Å². The second kappa shape index (κ2) is 8.65. The molecule has 0 aliphatic rings. The Bertz CT molecular complexity index is 1090. The summed E-state index contributed by atoms with van der Waals surface area (Å²) in [6.45, 7) is 5.53. The zero-order valence-electron chi connectivity index (χ0n) is 16.6. The monoisotopic (exact) mass is 390 g/mol. The first-order valence-electron chi connectivity index (χ1n) is 9.25. The Labute approximate surface area is 168 Å². The number of aromatic nitrogens is 2. The van der Waals surface area contributed by atoms with E-state index in [0.717, 1.165) is 22.3 Å². The second-order valence-corrected chi connectivity index (χ2v) is 6.97. The highest BCUT2D eigenvalue weighted by molar-refractivity contribution is 6.01. The van der Waals surface area contributed by atoms with Crippen LogP contribution in [0.3, 0.4) is 0 Å². The number of hydrogen-bond acceptors (Lipinski definition) is 5. The molecule has 29 heavy (non-hydrogen) atoms. The van der Waals surface area contributed by atoms with Gasteiger partial charge in [-0.25, -0.2) is 9.48 Å². The van der Waals surface area contributed by atoms with E-state index in [-0.39, 0.29) is 30.2 Å². The van der Waals surface area contributed by atoms with Gasteiger partial charge in [0, 0.05) is 11.6 Å². The molecule has 1 heterocycles. The molecule has 148 valence electrons. The summed E-state index contributed by atoms with van der Waals surface area (Å²) in [5, 5.41) is 4.08. The summed E-state index contributed by atoms with van der Waals surface area (Å²) >= 11 is 0. The third-order valence-corrected chi connectivity index (χ3v) is 4.54. The Morgan fingerprint density at radius 3 is 2.28 bits per heavy atom. The lowest BCUT2D eigenvalue weighted by molar-refractivity contribution is 0.0466. The molecule has 6 heteroatoms. The summed E-state index contributed by atoms with van der Waals surface area (Å²) in [5.41, 5.74) is 3.85. The number of esters is 1. The molecule has 0 bridgehead atoms. The number of carbonyl (C=O) groups excluding carboxylic acids is 2. The lowest BCUT2D eigenvalue weighted by Crippen LogP contribution is -2.26. The summed E-state index contributed by atoms with van der Waals surface area (Å²) < 4.78 is 6.36. The van der Waals surface area contributed by atoms with Crippen molar-refractivity contribution in [2.24, 2.45) is 0 Å². The predicted molar refractivity (Wildman–Crippen MR) is 109 cm³/mol. The van der Waals surface area contributed by atoms with Crippen molar-refractivity contribution >= 4 is 11.8 Å². The molecule has 0 spiro atoms. The van der Waals surface area contributed by atoms with Gasteiger partial charge in [0.15, 0.2) is 12.3 Å². The SMILES string of the molecule is Cc1cc(C)c(C(=O)COC(=O)c2ccc(=O)n(Cc3ccccc3)n2)c(C)c1. The lowest BCUT2D eigenvalue weighted by atomic mass is 9.97. The largest absolute Gasteiger partial charge is 0.453 e. The molecule has 0 atom stereocenters. The molecule has 1 aromatic heterocycles. The molecule has 0 radical (unpaired) electrons. The molecule has 6 nitrogen and oxygen atoms in total. The standard InChI is InChI=1S/C23H22N2O4/c1-15-11-16(2)22(17(3)12-15)20(26)14-29-23(28)19-9-10-21(27)25(24-19)13-18-7-5-4-6-8-18/h4-12H,13-14H2,1-3H3. The molecule has 0 fully saturated rings. The van der Waals surface area contributed by atoms with Crippen LogP contribution in [0.4, 0.5) is 0 Å². The van der Waals surface area contributed by atoms with Gasteiger partial charge < -0.3 is 4.74 Å². The fourth-order valence-electron chi connectivity index (χ4n) is 3.32. The average Bonchev–Trinajstić information content (AvgIpc) is 2.68. The predicted octanol–water partition coefficient (Wildman–Crippen LogP) is 3.26. The first-order valence-corrected chi connectivity index (χ1v) is 9.25. The molecule has 0 saturated heterocycles. The van der Waals surface area contributed by atoms with Crippen LogP contribution in [-0.4, -0.2) is 28.1 Å². The van der Waals surface area contributed by atoms with E-state index < -0.39 is 5.97 Å². The Morgan fingerprint density at radius 2 is 1.62 bits per heavy atom. The van der Waals surface area contributed by atoms with Crippen LogP contribution in [0.25, 0.3) is 0 Å². The van der Waals surface area contributed by atoms with Gasteiger partial charge in [0.1, 0.15) is 0 Å². The van der Waals surface area contributed by atoms with Crippen molar-refractivity contribution in [2.75, 3.05) is 6.61 Å². The average molecular weight is 390 g/mol. The van der Waals surface area contributed by atoms with Gasteiger partial charge >= 0.3 is 5.97 Å². The molecule has 0 unspecified atom stereocenters. The maximum atomic E-state index is 12.5. The maximum Gasteiger partial charge on any atom is 0.359 e. The first-order chi connectivity index (χ1) is 13.8. The fraction of sp³-hybridized carbons (Fsp3) is 0.217. The van der Waals surface area contributed by atoms with E-state index in [9.17, 15) is 14.4 Å². The number of benzene rings is 2. The summed E-state index contributed by atoms with van der Waals surface area (Å²) in [5.74, 6) is -1.02. The van der Waals surface area contributed by atoms with Crippen molar-refractivity contribution in [3.63, 3.8) is 0 Å². The first kappa shape index (κ1) is 20.2. The molecule has 2 aromatic carbocycles. The molecular weight excluding hydrogens is 368 g/mol. The van der Waals surface area contributed by atoms with Crippen molar-refractivity contribution in [3.8, 4) is 0 Å². The smallest absolute Gasteiger partial charge is 0.359 e. The van der Waals surface area contributed by atoms with E-state index in [1.54, 1.807) is 0 Å². The van der Waals surface area contributed by atoms with Gasteiger partial charge in [0.25, 0.3) is 5.56 Å². The molecular formula is C23H22N2O4. The van der Waals surface area contributed by atoms with Crippen LogP contribution in [0.15, 0.2) is 59.4 Å². The number of ether oxygens (including phenoxy) is 1. The van der Waals surface area contributed by atoms with Crippen LogP contribution in [0, 0.1) is 20.8 Å². The highest BCUT2D eigenvalue weighted by atomic mass is 16.5. The van der Waals surface area contributed by atoms with Crippen LogP contribution in [0.5, 0.6) is 0 Å². The minimum atomic E-state index is -0.748. The van der Waals surface area contributed by atoms with Crippen LogP contribution in [-0.2, 0) is 11.3 Å². The van der Waals surface area contributed by atoms with Gasteiger partial charge in [-0.1, -0.05) is 48.0 Å². The van der Waals surface area contributed by atoms with Gasteiger partial charge in [-0.3, -0.25) is 9.59 Å². The lowest BCUT2D eigenvalue weighted by Gasteiger charge is -2.11. The van der Waals surface area contributed by atoms with Gasteiger partial charge in [-0.2, -0.15) is 5.10 Å². The number of nitrogens with zero attached hydrogens (tertiary/aromatic N) is 2. The van der Waals surface area contributed by atoms with E-state index in [0.29, 0.717) is 5.56 Å². The highest BCUT2D eigenvalue weighted by Gasteiger charge is 2.17. The topological polar surface area (TPSA) is 78.3 Å². The van der Waals surface area contributed by atoms with Gasteiger partial charge in [0.2, 0.25) is 5.78 Å². The Balaban J connectivity index is 1.72. The minimum Gasteiger partial charge on any atom is -0.453 e. The summed E-state index contributed by atoms with van der Waals surface area (Å²) in [6, 6.07) is 15.7. The van der Waals surface area contributed by atoms with Gasteiger partial charge in [0.05, 0.1) is 6.54 Å². The number of carbonyl (C=O) groups is 2. The van der Waals surface area contributed by atoms with E-state index >= 15 is 0 Å². The van der Waals surface area contributed by atoms with Crippen LogP contribution in [0.2, 0.25) is 0 Å². The molecule has 0 amide bonds. The molecule has 0 aliphatic heterocycles. The number of ketones is 1. The van der Waals surface area contributed by atoms with Gasteiger partial charge in [-0.05, 0) is 43.5 Å². The van der Waals surface area contributed by atoms with E-state index in [1.807, 2.05) is 63.2 Å². The zero-order valence-corrected chi connectivity index (χ0v) is 16.6. The zero-order chi connectivity index (χ0) is 21.0. The second-order valence-electron chi connectivity index (χ2n) is 6.97. The third kappa shape index (κ3) is 4.85. The van der Waals surface area contributed by atoms with Crippen molar-refractivity contribution in [1.82, 2.24) is 9.78 Å². The number of rotatable bonds is 6. The molecule has 0 aliphatic carbocycles. The number of Topliss-reactive ketones (excluding diaryl/α,β-unsaturated/α-hetero) is 1. The number of hydrogen-bond donors (Lipinski definition) is 0. The summed E-state index contributed by atoms with van der Waals surface area (Å²) in [7, 11) is 0. The van der Waals surface area contributed by atoms with Crippen LogP contribution >= 0.6 is 0 Å². The quantitative estimate of drug-likeness (QED) is 0.477. The van der Waals surface area contributed by atoms with Crippen LogP contribution < -0.4 is 5.56 Å². The number of aryl methyl sites for hydroxylation is 3. The summed E-state index contributed by atoms with van der Waals surface area (Å²) in [4.78, 5) is 37.0. The maximum absolute atomic E-state index is 12.5. The molecule has 0 N–H and O–H groups in total. The van der Waals surface area contributed by atoms with Crippen molar-refractivity contribution < 1.29 is 14.3 Å². The van der Waals surface area contributed by atoms with E-state index in [1.165, 1.54) is 16.8 Å². The fourth-order valence-corrected chi connectivity index (χ4v) is 3.32. The Hall–Kier alpha value is -3.54. The minimum absolute atomic E-state index is 0.0225. The normalized spacial score (nSPS) is 10.6. The third-order valence-electron chi connectivity index (χ3n) is 4.54. The van der Waals surface area contributed by atoms with E-state index in [2.05, 4.69) is 5.10 Å². The Morgan fingerprint density at radius 1 is 0.966 bits per heavy atom. The molecule has 0 saturated carbocycles. The molecule has 3 aromatic rings. The van der Waals surface area contributed by atoms with Crippen molar-refractivity contribution in [2.45, 2.75) is 27.3 Å². The highest BCUT2D eigenvalue weighted by Crippen LogP contribution is 2.17. The summed E-state index contributed by atoms with van der Waals surface area (Å²) in [6.07, 6.45) is 0.